The molecule has 0 radical (unpaired) electrons. The second kappa shape index (κ2) is 5.05. The number of hydrogen-bond donors (Lipinski definition) is 0. The third-order valence-electron chi connectivity index (χ3n) is 2.39. The van der Waals surface area contributed by atoms with Gasteiger partial charge in [-0.2, -0.15) is 4.36 Å². The van der Waals surface area contributed by atoms with Crippen molar-refractivity contribution in [2.75, 3.05) is 6.26 Å². The molecule has 0 bridgehead atoms. The fourth-order valence-corrected chi connectivity index (χ4v) is 2.39. The second-order valence-electron chi connectivity index (χ2n) is 5.47. The zero-order valence-electron chi connectivity index (χ0n) is 11.6. The van der Waals surface area contributed by atoms with Crippen LogP contribution >= 0.6 is 11.3 Å². The van der Waals surface area contributed by atoms with E-state index in [0.29, 0.717) is 0 Å². The summed E-state index contributed by atoms with van der Waals surface area (Å²) in [6, 6.07) is 0. The predicted molar refractivity (Wildman–Crippen MR) is 74.6 cm³/mol. The Labute approximate surface area is 112 Å². The van der Waals surface area contributed by atoms with Crippen molar-refractivity contribution in [2.24, 2.45) is 4.36 Å². The minimum atomic E-state index is -2.51. The van der Waals surface area contributed by atoms with Gasteiger partial charge in [0.25, 0.3) is 0 Å². The van der Waals surface area contributed by atoms with E-state index in [1.807, 2.05) is 20.8 Å². The van der Waals surface area contributed by atoms with Gasteiger partial charge in [-0.05, 0) is 0 Å². The van der Waals surface area contributed by atoms with Crippen molar-refractivity contribution in [3.63, 3.8) is 0 Å². The average molecular weight is 289 g/mol. The van der Waals surface area contributed by atoms with Crippen molar-refractivity contribution in [1.29, 1.82) is 0 Å². The van der Waals surface area contributed by atoms with E-state index in [1.165, 1.54) is 17.6 Å². The minimum Gasteiger partial charge on any atom is -0.263 e. The van der Waals surface area contributed by atoms with Crippen LogP contribution in [0.4, 0.5) is 0 Å². The van der Waals surface area contributed by atoms with Gasteiger partial charge in [0.05, 0.1) is 9.73 Å². The molecular weight excluding hydrogens is 270 g/mol. The number of amides is 1. The van der Waals surface area contributed by atoms with Gasteiger partial charge in [0.15, 0.2) is 0 Å². The van der Waals surface area contributed by atoms with E-state index in [2.05, 4.69) is 14.6 Å². The molecule has 1 heterocycles. The molecule has 1 aromatic heterocycles. The van der Waals surface area contributed by atoms with Crippen molar-refractivity contribution in [3.8, 4) is 0 Å². The number of rotatable bonds is 2. The monoisotopic (exact) mass is 289 g/mol. The van der Waals surface area contributed by atoms with Crippen molar-refractivity contribution in [1.82, 2.24) is 10.2 Å². The smallest absolute Gasteiger partial charge is 0.263 e. The highest BCUT2D eigenvalue weighted by atomic mass is 32.2. The Morgan fingerprint density at radius 1 is 1.33 bits per heavy atom. The maximum atomic E-state index is 12.0. The van der Waals surface area contributed by atoms with Gasteiger partial charge in [-0.25, -0.2) is 4.21 Å². The first-order valence-electron chi connectivity index (χ1n) is 5.63. The molecule has 1 atom stereocenters. The lowest BCUT2D eigenvalue weighted by molar-refractivity contribution is 0.100. The number of carbonyl (C=O) groups excluding carboxylic acids is 1. The van der Waals surface area contributed by atoms with Gasteiger partial charge in [-0.15, -0.1) is 10.2 Å². The van der Waals surface area contributed by atoms with E-state index in [0.717, 1.165) is 5.01 Å². The standard InChI is InChI=1S/C11H19N3O2S2/c1-7(2)18(6,16)14-8(15)9-12-13-10(17-9)11(3,4)5/h7H,1-6H3. The van der Waals surface area contributed by atoms with E-state index < -0.39 is 15.6 Å². The first kappa shape index (κ1) is 15.2. The Bertz CT molecular complexity index is 561. The first-order valence-corrected chi connectivity index (χ1v) is 8.43. The van der Waals surface area contributed by atoms with Crippen LogP contribution in [0.25, 0.3) is 0 Å². The summed E-state index contributed by atoms with van der Waals surface area (Å²) >= 11 is 1.21. The van der Waals surface area contributed by atoms with Gasteiger partial charge in [0.1, 0.15) is 5.01 Å². The fourth-order valence-electron chi connectivity index (χ4n) is 0.922. The molecule has 0 saturated heterocycles. The highest BCUT2D eigenvalue weighted by Gasteiger charge is 2.22. The minimum absolute atomic E-state index is 0.151. The first-order chi connectivity index (χ1) is 8.04. The molecule has 5 nitrogen and oxygen atoms in total. The Kier molecular flexibility index (Phi) is 4.27. The van der Waals surface area contributed by atoms with Crippen LogP contribution in [0.5, 0.6) is 0 Å². The number of aromatic nitrogens is 2. The quantitative estimate of drug-likeness (QED) is 0.838. The van der Waals surface area contributed by atoms with Crippen LogP contribution in [0.2, 0.25) is 0 Å². The molecule has 0 aliphatic rings. The topological polar surface area (TPSA) is 72.3 Å². The maximum absolute atomic E-state index is 12.0. The summed E-state index contributed by atoms with van der Waals surface area (Å²) in [6.07, 6.45) is 1.49. The zero-order chi connectivity index (χ0) is 14.1. The Morgan fingerprint density at radius 3 is 2.28 bits per heavy atom. The largest absolute Gasteiger partial charge is 0.316 e. The van der Waals surface area contributed by atoms with Gasteiger partial charge >= 0.3 is 5.91 Å². The van der Waals surface area contributed by atoms with Crippen molar-refractivity contribution >= 4 is 27.0 Å². The lowest BCUT2D eigenvalue weighted by Crippen LogP contribution is -2.13. The number of carbonyl (C=O) groups is 1. The van der Waals surface area contributed by atoms with Crippen LogP contribution < -0.4 is 0 Å². The SMILES string of the molecule is CC(C)S(C)(=O)=NC(=O)c1nnc(C(C)(C)C)s1. The predicted octanol–water partition coefficient (Wildman–Crippen LogP) is 2.48. The summed E-state index contributed by atoms with van der Waals surface area (Å²) in [5, 5.41) is 8.61. The van der Waals surface area contributed by atoms with Gasteiger partial charge in [-0.1, -0.05) is 46.0 Å². The molecule has 0 saturated carbocycles. The van der Waals surface area contributed by atoms with Crippen LogP contribution in [0.15, 0.2) is 4.36 Å². The van der Waals surface area contributed by atoms with Crippen LogP contribution in [0, 0.1) is 0 Å². The summed E-state index contributed by atoms with van der Waals surface area (Å²) < 4.78 is 15.8. The molecule has 7 heteroatoms. The lowest BCUT2D eigenvalue weighted by Gasteiger charge is -2.12. The van der Waals surface area contributed by atoms with Crippen LogP contribution in [-0.4, -0.2) is 31.8 Å². The van der Waals surface area contributed by atoms with Gasteiger partial charge in [0.2, 0.25) is 5.01 Å². The van der Waals surface area contributed by atoms with E-state index >= 15 is 0 Å². The zero-order valence-corrected chi connectivity index (χ0v) is 13.2. The molecule has 1 rings (SSSR count). The van der Waals surface area contributed by atoms with Gasteiger partial charge < -0.3 is 0 Å². The van der Waals surface area contributed by atoms with E-state index in [4.69, 9.17) is 0 Å². The molecule has 0 N–H and O–H groups in total. The number of hydrogen-bond acceptors (Lipinski definition) is 5. The average Bonchev–Trinajstić information content (AvgIpc) is 2.64. The molecule has 0 aliphatic heterocycles. The summed E-state index contributed by atoms with van der Waals surface area (Å²) in [7, 11) is -2.51. The highest BCUT2D eigenvalue weighted by Crippen LogP contribution is 2.25. The molecule has 0 fully saturated rings. The van der Waals surface area contributed by atoms with E-state index in [9.17, 15) is 9.00 Å². The highest BCUT2D eigenvalue weighted by molar-refractivity contribution is 7.93. The molecule has 1 amide bonds. The molecule has 18 heavy (non-hydrogen) atoms. The number of nitrogens with zero attached hydrogens (tertiary/aromatic N) is 3. The molecule has 1 aromatic rings. The molecule has 0 aliphatic carbocycles. The Hall–Kier alpha value is -0.820. The molecule has 0 aromatic carbocycles. The Balaban J connectivity index is 3.08. The van der Waals surface area contributed by atoms with Crippen molar-refractivity contribution < 1.29 is 9.00 Å². The van der Waals surface area contributed by atoms with Crippen LogP contribution in [0.3, 0.4) is 0 Å². The van der Waals surface area contributed by atoms with Gasteiger partial charge in [-0.3, -0.25) is 4.79 Å². The Morgan fingerprint density at radius 2 is 1.89 bits per heavy atom. The van der Waals surface area contributed by atoms with Crippen LogP contribution in [-0.2, 0) is 15.1 Å². The molecule has 0 spiro atoms. The summed E-state index contributed by atoms with van der Waals surface area (Å²) in [5.74, 6) is -0.538. The fraction of sp³-hybridized carbons (Fsp3) is 0.727. The normalized spacial score (nSPS) is 15.5. The summed E-state index contributed by atoms with van der Waals surface area (Å²) in [6.45, 7) is 9.54. The third kappa shape index (κ3) is 3.58. The molecular formula is C11H19N3O2S2. The third-order valence-corrected chi connectivity index (χ3v) is 6.00. The molecule has 1 unspecified atom stereocenters. The van der Waals surface area contributed by atoms with Gasteiger partial charge in [0, 0.05) is 16.9 Å². The van der Waals surface area contributed by atoms with E-state index in [1.54, 1.807) is 13.8 Å². The van der Waals surface area contributed by atoms with E-state index in [-0.39, 0.29) is 15.7 Å². The van der Waals surface area contributed by atoms with Crippen molar-refractivity contribution in [3.05, 3.63) is 10.0 Å². The van der Waals surface area contributed by atoms with Crippen molar-refractivity contribution in [2.45, 2.75) is 45.3 Å². The summed E-state index contributed by atoms with van der Waals surface area (Å²) in [5.41, 5.74) is -0.151. The molecule has 102 valence electrons. The van der Waals surface area contributed by atoms with Crippen LogP contribution in [0.1, 0.15) is 49.4 Å². The maximum Gasteiger partial charge on any atom is 0.316 e. The summed E-state index contributed by atoms with van der Waals surface area (Å²) in [4.78, 5) is 11.9. The second-order valence-corrected chi connectivity index (χ2v) is 9.29. The lowest BCUT2D eigenvalue weighted by atomic mass is 9.98.